The molecular formula is C18H19FN2O3S. The molecule has 7 heteroatoms. The topological polar surface area (TPSA) is 75.3 Å². The molecular weight excluding hydrogens is 343 g/mol. The van der Waals surface area contributed by atoms with Gasteiger partial charge in [0.25, 0.3) is 0 Å². The quantitative estimate of drug-likeness (QED) is 0.776. The molecule has 25 heavy (non-hydrogen) atoms. The lowest BCUT2D eigenvalue weighted by atomic mass is 10.1. The summed E-state index contributed by atoms with van der Waals surface area (Å²) in [5.74, 6) is -0.642. The molecule has 0 radical (unpaired) electrons. The number of nitrogens with one attached hydrogen (secondary N) is 2. The number of rotatable bonds is 6. The van der Waals surface area contributed by atoms with Crippen LogP contribution in [0.4, 0.5) is 10.1 Å². The molecule has 2 rings (SSSR count). The van der Waals surface area contributed by atoms with Crippen LogP contribution in [0.2, 0.25) is 0 Å². The molecule has 0 spiro atoms. The highest BCUT2D eigenvalue weighted by Gasteiger charge is 2.09. The van der Waals surface area contributed by atoms with Gasteiger partial charge in [0.1, 0.15) is 5.82 Å². The fraction of sp³-hybridized carbons (Fsp3) is 0.167. The van der Waals surface area contributed by atoms with E-state index >= 15 is 0 Å². The van der Waals surface area contributed by atoms with Crippen molar-refractivity contribution < 1.29 is 17.6 Å². The molecule has 0 aliphatic heterocycles. The fourth-order valence-electron chi connectivity index (χ4n) is 2.18. The number of hydrogen-bond donors (Lipinski definition) is 2. The Hall–Kier alpha value is -2.67. The Bertz CT molecular complexity index is 877. The summed E-state index contributed by atoms with van der Waals surface area (Å²) in [4.78, 5) is 12.0. The smallest absolute Gasteiger partial charge is 0.244 e. The van der Waals surface area contributed by atoms with Crippen molar-refractivity contribution >= 4 is 27.7 Å². The van der Waals surface area contributed by atoms with Crippen LogP contribution < -0.4 is 10.0 Å². The predicted molar refractivity (Wildman–Crippen MR) is 96.9 cm³/mol. The first-order chi connectivity index (χ1) is 11.7. The summed E-state index contributed by atoms with van der Waals surface area (Å²) in [5, 5.41) is 2.79. The number of amides is 1. The zero-order chi connectivity index (χ0) is 18.4. The molecule has 5 nitrogen and oxygen atoms in total. The van der Waals surface area contributed by atoms with Crippen LogP contribution >= 0.6 is 0 Å². The minimum Gasteiger partial charge on any atom is -0.346 e. The van der Waals surface area contributed by atoms with E-state index in [9.17, 15) is 17.6 Å². The van der Waals surface area contributed by atoms with E-state index in [2.05, 4.69) is 10.0 Å². The van der Waals surface area contributed by atoms with E-state index in [1.807, 2.05) is 0 Å². The highest BCUT2D eigenvalue weighted by Crippen LogP contribution is 2.18. The monoisotopic (exact) mass is 362 g/mol. The normalized spacial score (nSPS) is 12.8. The van der Waals surface area contributed by atoms with Gasteiger partial charge in [0, 0.05) is 11.8 Å². The SMILES string of the molecule is C[C@H](NC(=O)/C=C/c1ccc(F)cc1)c1cccc(NS(C)(=O)=O)c1. The molecule has 0 bridgehead atoms. The van der Waals surface area contributed by atoms with Crippen molar-refractivity contribution in [3.8, 4) is 0 Å². The van der Waals surface area contributed by atoms with Crippen molar-refractivity contribution in [2.24, 2.45) is 0 Å². The lowest BCUT2D eigenvalue weighted by Crippen LogP contribution is -2.24. The first-order valence-corrected chi connectivity index (χ1v) is 9.44. The van der Waals surface area contributed by atoms with Gasteiger partial charge in [0.2, 0.25) is 15.9 Å². The zero-order valence-electron chi connectivity index (χ0n) is 13.9. The number of carbonyl (C=O) groups is 1. The maximum atomic E-state index is 12.8. The third-order valence-electron chi connectivity index (χ3n) is 3.35. The molecule has 0 fully saturated rings. The summed E-state index contributed by atoms with van der Waals surface area (Å²) in [7, 11) is -3.36. The van der Waals surface area contributed by atoms with Gasteiger partial charge in [-0.25, -0.2) is 12.8 Å². The Morgan fingerprint density at radius 2 is 1.84 bits per heavy atom. The third kappa shape index (κ3) is 6.39. The standard InChI is InChI=1S/C18H19FN2O3S/c1-13(15-4-3-5-17(12-15)21-25(2,23)24)20-18(22)11-8-14-6-9-16(19)10-7-14/h3-13,21H,1-2H3,(H,20,22)/b11-8+/t13-/m0/s1. The van der Waals surface area contributed by atoms with Gasteiger partial charge in [-0.3, -0.25) is 9.52 Å². The molecule has 0 aliphatic rings. The molecule has 2 N–H and O–H groups in total. The van der Waals surface area contributed by atoms with Crippen molar-refractivity contribution in [1.82, 2.24) is 5.32 Å². The fourth-order valence-corrected chi connectivity index (χ4v) is 2.73. The summed E-state index contributed by atoms with van der Waals surface area (Å²) in [6.07, 6.45) is 4.02. The van der Waals surface area contributed by atoms with Gasteiger partial charge >= 0.3 is 0 Å². The molecule has 0 aliphatic carbocycles. The molecule has 2 aromatic rings. The Labute approximate surface area is 146 Å². The van der Waals surface area contributed by atoms with Gasteiger partial charge in [-0.1, -0.05) is 24.3 Å². The molecule has 0 heterocycles. The van der Waals surface area contributed by atoms with E-state index in [4.69, 9.17) is 0 Å². The zero-order valence-corrected chi connectivity index (χ0v) is 14.7. The molecule has 0 saturated heterocycles. The van der Waals surface area contributed by atoms with Gasteiger partial charge in [0.05, 0.1) is 12.3 Å². The second-order valence-corrected chi connectivity index (χ2v) is 7.36. The molecule has 132 valence electrons. The lowest BCUT2D eigenvalue weighted by Gasteiger charge is -2.14. The van der Waals surface area contributed by atoms with E-state index in [0.29, 0.717) is 11.3 Å². The highest BCUT2D eigenvalue weighted by molar-refractivity contribution is 7.92. The summed E-state index contributed by atoms with van der Waals surface area (Å²) in [6.45, 7) is 1.79. The van der Waals surface area contributed by atoms with Crippen molar-refractivity contribution in [1.29, 1.82) is 0 Å². The number of sulfonamides is 1. The maximum absolute atomic E-state index is 12.8. The maximum Gasteiger partial charge on any atom is 0.244 e. The predicted octanol–water partition coefficient (Wildman–Crippen LogP) is 3.09. The Kier molecular flexibility index (Phi) is 5.93. The van der Waals surface area contributed by atoms with Crippen LogP contribution in [0.25, 0.3) is 6.08 Å². The van der Waals surface area contributed by atoms with Crippen molar-refractivity contribution in [3.63, 3.8) is 0 Å². The van der Waals surface area contributed by atoms with E-state index < -0.39 is 10.0 Å². The van der Waals surface area contributed by atoms with Gasteiger partial charge < -0.3 is 5.32 Å². The minimum atomic E-state index is -3.36. The Morgan fingerprint density at radius 1 is 1.16 bits per heavy atom. The summed E-state index contributed by atoms with van der Waals surface area (Å²) >= 11 is 0. The molecule has 1 amide bonds. The Morgan fingerprint density at radius 3 is 2.48 bits per heavy atom. The lowest BCUT2D eigenvalue weighted by molar-refractivity contribution is -0.117. The molecule has 0 unspecified atom stereocenters. The number of halogens is 1. The van der Waals surface area contributed by atoms with Crippen LogP contribution in [0, 0.1) is 5.82 Å². The van der Waals surface area contributed by atoms with E-state index in [1.165, 1.54) is 18.2 Å². The van der Waals surface area contributed by atoms with Gasteiger partial charge in [-0.05, 0) is 48.4 Å². The summed E-state index contributed by atoms with van der Waals surface area (Å²) < 4.78 is 37.8. The van der Waals surface area contributed by atoms with Gasteiger partial charge in [-0.15, -0.1) is 0 Å². The minimum absolute atomic E-state index is 0.307. The molecule has 0 saturated carbocycles. The average Bonchev–Trinajstić information content (AvgIpc) is 2.53. The second-order valence-electron chi connectivity index (χ2n) is 5.61. The van der Waals surface area contributed by atoms with Crippen molar-refractivity contribution in [2.75, 3.05) is 11.0 Å². The van der Waals surface area contributed by atoms with Crippen LogP contribution in [0.1, 0.15) is 24.1 Å². The molecule has 1 atom stereocenters. The summed E-state index contributed by atoms with van der Waals surface area (Å²) in [5.41, 5.74) is 1.91. The first-order valence-electron chi connectivity index (χ1n) is 7.55. The number of anilines is 1. The van der Waals surface area contributed by atoms with Gasteiger partial charge in [-0.2, -0.15) is 0 Å². The third-order valence-corrected chi connectivity index (χ3v) is 3.95. The van der Waals surface area contributed by atoms with Crippen LogP contribution in [0.15, 0.2) is 54.6 Å². The van der Waals surface area contributed by atoms with E-state index in [0.717, 1.165) is 11.8 Å². The van der Waals surface area contributed by atoms with Crippen LogP contribution in [-0.4, -0.2) is 20.6 Å². The number of benzene rings is 2. The van der Waals surface area contributed by atoms with E-state index in [-0.39, 0.29) is 17.8 Å². The Balaban J connectivity index is 2.01. The average molecular weight is 362 g/mol. The molecule has 2 aromatic carbocycles. The second kappa shape index (κ2) is 7.94. The van der Waals surface area contributed by atoms with E-state index in [1.54, 1.807) is 49.4 Å². The number of hydrogen-bond acceptors (Lipinski definition) is 3. The molecule has 0 aromatic heterocycles. The van der Waals surface area contributed by atoms with Crippen molar-refractivity contribution in [3.05, 3.63) is 71.6 Å². The largest absolute Gasteiger partial charge is 0.346 e. The van der Waals surface area contributed by atoms with Gasteiger partial charge in [0.15, 0.2) is 0 Å². The highest BCUT2D eigenvalue weighted by atomic mass is 32.2. The first kappa shape index (κ1) is 18.7. The van der Waals surface area contributed by atoms with Crippen molar-refractivity contribution in [2.45, 2.75) is 13.0 Å². The summed E-state index contributed by atoms with van der Waals surface area (Å²) in [6, 6.07) is 12.3. The van der Waals surface area contributed by atoms with Crippen LogP contribution in [0.3, 0.4) is 0 Å². The van der Waals surface area contributed by atoms with Crippen LogP contribution in [-0.2, 0) is 14.8 Å². The van der Waals surface area contributed by atoms with Crippen LogP contribution in [0.5, 0.6) is 0 Å². The number of carbonyl (C=O) groups excluding carboxylic acids is 1.